The van der Waals surface area contributed by atoms with Gasteiger partial charge in [0.1, 0.15) is 0 Å². The van der Waals surface area contributed by atoms with Crippen molar-refractivity contribution in [3.05, 3.63) is 17.3 Å². The quantitative estimate of drug-likeness (QED) is 0.920. The van der Waals surface area contributed by atoms with E-state index in [1.165, 1.54) is 0 Å². The molecular formula is C13H16F3NO3. The van der Waals surface area contributed by atoms with Crippen LogP contribution in [0.1, 0.15) is 60.7 Å². The monoisotopic (exact) mass is 291 g/mol. The molecule has 0 unspecified atom stereocenters. The zero-order chi connectivity index (χ0) is 14.9. The number of hydrogen-bond acceptors (Lipinski definition) is 3. The highest BCUT2D eigenvalue weighted by molar-refractivity contribution is 5.85. The molecule has 1 fully saturated rings. The third kappa shape index (κ3) is 2.96. The van der Waals surface area contributed by atoms with Crippen LogP contribution in [0.2, 0.25) is 0 Å². The molecule has 20 heavy (non-hydrogen) atoms. The van der Waals surface area contributed by atoms with Crippen molar-refractivity contribution in [2.24, 2.45) is 5.92 Å². The molecule has 1 saturated carbocycles. The molecule has 0 atom stereocenters. The van der Waals surface area contributed by atoms with E-state index in [1.54, 1.807) is 6.92 Å². The van der Waals surface area contributed by atoms with E-state index in [1.807, 2.05) is 0 Å². The van der Waals surface area contributed by atoms with Gasteiger partial charge in [-0.1, -0.05) is 6.92 Å². The van der Waals surface area contributed by atoms with E-state index >= 15 is 0 Å². The predicted octanol–water partition coefficient (Wildman–Crippen LogP) is 3.77. The Labute approximate surface area is 114 Å². The number of carboxylic acid groups (broad SMARTS) is 1. The van der Waals surface area contributed by atoms with Gasteiger partial charge in [-0.25, -0.2) is 9.78 Å². The van der Waals surface area contributed by atoms with Crippen LogP contribution in [0.25, 0.3) is 0 Å². The van der Waals surface area contributed by atoms with E-state index in [0.29, 0.717) is 25.0 Å². The van der Waals surface area contributed by atoms with Gasteiger partial charge in [-0.2, -0.15) is 13.2 Å². The van der Waals surface area contributed by atoms with Crippen molar-refractivity contribution in [2.45, 2.75) is 51.1 Å². The van der Waals surface area contributed by atoms with Crippen LogP contribution in [0, 0.1) is 5.92 Å². The Bertz CT molecular complexity index is 488. The number of aromatic carboxylic acids is 1. The number of alkyl halides is 3. The lowest BCUT2D eigenvalue weighted by Gasteiger charge is -2.28. The lowest BCUT2D eigenvalue weighted by Crippen LogP contribution is -2.27. The molecule has 7 heteroatoms. The lowest BCUT2D eigenvalue weighted by atomic mass is 9.81. The van der Waals surface area contributed by atoms with Crippen molar-refractivity contribution in [3.63, 3.8) is 0 Å². The van der Waals surface area contributed by atoms with Crippen LogP contribution in [-0.4, -0.2) is 22.2 Å². The molecule has 1 heterocycles. The van der Waals surface area contributed by atoms with E-state index in [9.17, 15) is 18.0 Å². The Balaban J connectivity index is 2.09. The first-order valence-electron chi connectivity index (χ1n) is 6.62. The Morgan fingerprint density at radius 3 is 2.35 bits per heavy atom. The summed E-state index contributed by atoms with van der Waals surface area (Å²) in [6, 6.07) is 0. The van der Waals surface area contributed by atoms with E-state index in [2.05, 4.69) is 4.98 Å². The van der Waals surface area contributed by atoms with Gasteiger partial charge in [-0.15, -0.1) is 0 Å². The molecule has 4 nitrogen and oxygen atoms in total. The average Bonchev–Trinajstić information content (AvgIpc) is 2.82. The first-order valence-corrected chi connectivity index (χ1v) is 6.62. The smallest absolute Gasteiger partial charge is 0.391 e. The van der Waals surface area contributed by atoms with Crippen LogP contribution in [0.4, 0.5) is 13.2 Å². The summed E-state index contributed by atoms with van der Waals surface area (Å²) in [7, 11) is 0. The maximum absolute atomic E-state index is 12.6. The Morgan fingerprint density at radius 1 is 1.35 bits per heavy atom. The molecule has 0 amide bonds. The van der Waals surface area contributed by atoms with Crippen LogP contribution in [0.5, 0.6) is 0 Å². The van der Waals surface area contributed by atoms with Crippen molar-refractivity contribution >= 4 is 5.97 Å². The fourth-order valence-corrected chi connectivity index (χ4v) is 2.62. The molecular weight excluding hydrogens is 275 g/mol. The Morgan fingerprint density at radius 2 is 1.95 bits per heavy atom. The second-order valence-corrected chi connectivity index (χ2v) is 5.08. The Hall–Kier alpha value is -1.53. The fourth-order valence-electron chi connectivity index (χ4n) is 2.62. The minimum atomic E-state index is -4.15. The van der Waals surface area contributed by atoms with Crippen molar-refractivity contribution in [2.75, 3.05) is 0 Å². The average molecular weight is 291 g/mol. The molecule has 112 valence electrons. The van der Waals surface area contributed by atoms with Gasteiger partial charge in [0.25, 0.3) is 0 Å². The minimum Gasteiger partial charge on any atom is -0.475 e. The van der Waals surface area contributed by atoms with Crippen molar-refractivity contribution in [1.29, 1.82) is 0 Å². The molecule has 1 N–H and O–H groups in total. The third-order valence-corrected chi connectivity index (χ3v) is 3.78. The van der Waals surface area contributed by atoms with Gasteiger partial charge < -0.3 is 9.52 Å². The number of nitrogens with zero attached hydrogens (tertiary/aromatic N) is 1. The van der Waals surface area contributed by atoms with Gasteiger partial charge in [0.05, 0.1) is 11.6 Å². The van der Waals surface area contributed by atoms with Gasteiger partial charge in [-0.05, 0) is 32.1 Å². The number of hydrogen-bond donors (Lipinski definition) is 1. The van der Waals surface area contributed by atoms with Gasteiger partial charge >= 0.3 is 12.1 Å². The van der Waals surface area contributed by atoms with E-state index < -0.39 is 18.1 Å². The standard InChI is InChI=1S/C13H16F3NO3/c1-2-9-10(12(18)19)20-11(17-9)7-3-5-8(6-4-7)13(14,15)16/h7-8H,2-6H2,1H3,(H,18,19). The maximum atomic E-state index is 12.6. The summed E-state index contributed by atoms with van der Waals surface area (Å²) in [6.45, 7) is 1.76. The third-order valence-electron chi connectivity index (χ3n) is 3.78. The molecule has 0 aromatic carbocycles. The molecule has 1 aromatic rings. The summed E-state index contributed by atoms with van der Waals surface area (Å²) in [6.07, 6.45) is -2.99. The van der Waals surface area contributed by atoms with Crippen LogP contribution in [0.15, 0.2) is 4.42 Å². The number of halogens is 3. The molecule has 0 bridgehead atoms. The second kappa shape index (κ2) is 5.46. The summed E-state index contributed by atoms with van der Waals surface area (Å²) in [5, 5.41) is 8.97. The zero-order valence-corrected chi connectivity index (χ0v) is 11.0. The van der Waals surface area contributed by atoms with Gasteiger partial charge in [0.15, 0.2) is 5.89 Å². The highest BCUT2D eigenvalue weighted by atomic mass is 19.4. The largest absolute Gasteiger partial charge is 0.475 e. The summed E-state index contributed by atoms with van der Waals surface area (Å²) in [5.74, 6) is -2.60. The lowest BCUT2D eigenvalue weighted by molar-refractivity contribution is -0.182. The summed E-state index contributed by atoms with van der Waals surface area (Å²) in [4.78, 5) is 15.1. The Kier molecular flexibility index (Phi) is 4.06. The van der Waals surface area contributed by atoms with Crippen LogP contribution >= 0.6 is 0 Å². The predicted molar refractivity (Wildman–Crippen MR) is 63.6 cm³/mol. The molecule has 1 aliphatic carbocycles. The molecule has 0 spiro atoms. The van der Waals surface area contributed by atoms with E-state index in [4.69, 9.17) is 9.52 Å². The summed E-state index contributed by atoms with van der Waals surface area (Å²) >= 11 is 0. The van der Waals surface area contributed by atoms with E-state index in [0.717, 1.165) is 0 Å². The number of rotatable bonds is 3. The molecule has 1 aromatic heterocycles. The normalized spacial score (nSPS) is 23.8. The van der Waals surface area contributed by atoms with Crippen LogP contribution in [-0.2, 0) is 6.42 Å². The summed E-state index contributed by atoms with van der Waals surface area (Å²) < 4.78 is 43.0. The topological polar surface area (TPSA) is 63.3 Å². The minimum absolute atomic E-state index is 0.0421. The first-order chi connectivity index (χ1) is 9.32. The van der Waals surface area contributed by atoms with Gasteiger partial charge in [0, 0.05) is 5.92 Å². The number of carboxylic acids is 1. The van der Waals surface area contributed by atoms with Crippen molar-refractivity contribution in [1.82, 2.24) is 4.98 Å². The van der Waals surface area contributed by atoms with E-state index in [-0.39, 0.29) is 30.4 Å². The molecule has 0 aliphatic heterocycles. The first kappa shape index (κ1) is 14.9. The van der Waals surface area contributed by atoms with Crippen molar-refractivity contribution < 1.29 is 27.5 Å². The van der Waals surface area contributed by atoms with Crippen LogP contribution < -0.4 is 0 Å². The fraction of sp³-hybridized carbons (Fsp3) is 0.692. The molecule has 0 saturated heterocycles. The zero-order valence-electron chi connectivity index (χ0n) is 11.0. The highest BCUT2D eigenvalue weighted by Crippen LogP contribution is 2.42. The van der Waals surface area contributed by atoms with Gasteiger partial charge in [-0.3, -0.25) is 0 Å². The molecule has 1 aliphatic rings. The number of aromatic nitrogens is 1. The van der Waals surface area contributed by atoms with Crippen LogP contribution in [0.3, 0.4) is 0 Å². The highest BCUT2D eigenvalue weighted by Gasteiger charge is 2.42. The molecule has 0 radical (unpaired) electrons. The maximum Gasteiger partial charge on any atom is 0.391 e. The van der Waals surface area contributed by atoms with Crippen molar-refractivity contribution in [3.8, 4) is 0 Å². The number of aryl methyl sites for hydroxylation is 1. The molecule has 2 rings (SSSR count). The summed E-state index contributed by atoms with van der Waals surface area (Å²) in [5.41, 5.74) is 0.352. The number of oxazole rings is 1. The number of carbonyl (C=O) groups is 1. The van der Waals surface area contributed by atoms with Gasteiger partial charge in [0.2, 0.25) is 5.76 Å². The second-order valence-electron chi connectivity index (χ2n) is 5.08. The SMILES string of the molecule is CCc1nc(C2CCC(C(F)(F)F)CC2)oc1C(=O)O.